The van der Waals surface area contributed by atoms with Crippen LogP contribution in [0.25, 0.3) is 0 Å². The first-order valence-electron chi connectivity index (χ1n) is 6.15. The standard InChI is InChI=1S/C16H15Cl/c17-15-6-3-4-12(11-15)10-14-9-8-13-5-1-2-7-16(13)14/h1-7,11,14H,8-10H2. The van der Waals surface area contributed by atoms with E-state index in [0.29, 0.717) is 5.92 Å². The Morgan fingerprint density at radius 3 is 2.82 bits per heavy atom. The molecule has 0 N–H and O–H groups in total. The Morgan fingerprint density at radius 1 is 1.06 bits per heavy atom. The van der Waals surface area contributed by atoms with Gasteiger partial charge < -0.3 is 0 Å². The summed E-state index contributed by atoms with van der Waals surface area (Å²) >= 11 is 6.03. The fourth-order valence-corrected chi connectivity index (χ4v) is 3.02. The lowest BCUT2D eigenvalue weighted by atomic mass is 9.94. The van der Waals surface area contributed by atoms with Gasteiger partial charge in [-0.1, -0.05) is 48.0 Å². The average Bonchev–Trinajstić information content (AvgIpc) is 2.73. The third-order valence-corrected chi connectivity index (χ3v) is 3.86. The van der Waals surface area contributed by atoms with Crippen molar-refractivity contribution in [1.82, 2.24) is 0 Å². The van der Waals surface area contributed by atoms with Gasteiger partial charge in [0.05, 0.1) is 0 Å². The summed E-state index contributed by atoms with van der Waals surface area (Å²) in [6.45, 7) is 0. The van der Waals surface area contributed by atoms with Gasteiger partial charge in [0, 0.05) is 5.02 Å². The fraction of sp³-hybridized carbons (Fsp3) is 0.250. The number of benzene rings is 2. The van der Waals surface area contributed by atoms with Gasteiger partial charge in [0.2, 0.25) is 0 Å². The zero-order valence-electron chi connectivity index (χ0n) is 9.70. The summed E-state index contributed by atoms with van der Waals surface area (Å²) in [5, 5.41) is 0.841. The molecule has 17 heavy (non-hydrogen) atoms. The second kappa shape index (κ2) is 4.54. The van der Waals surface area contributed by atoms with Crippen LogP contribution in [0.4, 0.5) is 0 Å². The molecule has 1 heteroatoms. The van der Waals surface area contributed by atoms with Gasteiger partial charge in [-0.25, -0.2) is 0 Å². The van der Waals surface area contributed by atoms with Crippen LogP contribution in [-0.4, -0.2) is 0 Å². The summed E-state index contributed by atoms with van der Waals surface area (Å²) in [6.07, 6.45) is 3.60. The van der Waals surface area contributed by atoms with Crippen LogP contribution in [0.5, 0.6) is 0 Å². The summed E-state index contributed by atoms with van der Waals surface area (Å²) in [6, 6.07) is 17.1. The van der Waals surface area contributed by atoms with Gasteiger partial charge in [0.1, 0.15) is 0 Å². The van der Waals surface area contributed by atoms with Crippen LogP contribution in [0.2, 0.25) is 5.02 Å². The van der Waals surface area contributed by atoms with Crippen LogP contribution in [0.3, 0.4) is 0 Å². The van der Waals surface area contributed by atoms with E-state index in [9.17, 15) is 0 Å². The molecule has 0 heterocycles. The first-order chi connectivity index (χ1) is 8.33. The molecule has 0 bridgehead atoms. The molecule has 0 nitrogen and oxygen atoms in total. The Labute approximate surface area is 107 Å². The Bertz CT molecular complexity index is 531. The fourth-order valence-electron chi connectivity index (χ4n) is 2.81. The van der Waals surface area contributed by atoms with E-state index in [1.807, 2.05) is 12.1 Å². The van der Waals surface area contributed by atoms with Crippen molar-refractivity contribution in [2.45, 2.75) is 25.2 Å². The molecule has 2 aromatic rings. The highest BCUT2D eigenvalue weighted by Crippen LogP contribution is 2.35. The van der Waals surface area contributed by atoms with Crippen molar-refractivity contribution < 1.29 is 0 Å². The van der Waals surface area contributed by atoms with Crippen molar-refractivity contribution in [2.24, 2.45) is 0 Å². The second-order valence-electron chi connectivity index (χ2n) is 4.77. The van der Waals surface area contributed by atoms with Gasteiger partial charge in [-0.2, -0.15) is 0 Å². The Kier molecular flexibility index (Phi) is 2.90. The molecule has 0 saturated carbocycles. The van der Waals surface area contributed by atoms with Gasteiger partial charge in [-0.05, 0) is 54.0 Å². The highest BCUT2D eigenvalue weighted by atomic mass is 35.5. The number of halogens is 1. The number of aryl methyl sites for hydroxylation is 1. The maximum atomic E-state index is 6.03. The third-order valence-electron chi connectivity index (χ3n) is 3.63. The predicted molar refractivity (Wildman–Crippen MR) is 72.7 cm³/mol. The molecular weight excluding hydrogens is 228 g/mol. The lowest BCUT2D eigenvalue weighted by Gasteiger charge is -2.11. The largest absolute Gasteiger partial charge is 0.0843 e. The second-order valence-corrected chi connectivity index (χ2v) is 5.20. The summed E-state index contributed by atoms with van der Waals surface area (Å²) in [5.74, 6) is 0.671. The molecule has 86 valence electrons. The van der Waals surface area contributed by atoms with E-state index in [-0.39, 0.29) is 0 Å². The topological polar surface area (TPSA) is 0 Å². The van der Waals surface area contributed by atoms with Crippen molar-refractivity contribution >= 4 is 11.6 Å². The van der Waals surface area contributed by atoms with E-state index in [2.05, 4.69) is 36.4 Å². The molecule has 0 aliphatic heterocycles. The number of rotatable bonds is 2. The van der Waals surface area contributed by atoms with Crippen molar-refractivity contribution in [1.29, 1.82) is 0 Å². The highest BCUT2D eigenvalue weighted by molar-refractivity contribution is 6.30. The molecule has 0 spiro atoms. The van der Waals surface area contributed by atoms with E-state index in [1.54, 1.807) is 0 Å². The van der Waals surface area contributed by atoms with Crippen LogP contribution in [0.15, 0.2) is 48.5 Å². The zero-order chi connectivity index (χ0) is 11.7. The number of fused-ring (bicyclic) bond motifs is 1. The minimum absolute atomic E-state index is 0.671. The number of hydrogen-bond acceptors (Lipinski definition) is 0. The van der Waals surface area contributed by atoms with E-state index in [1.165, 1.54) is 29.5 Å². The maximum absolute atomic E-state index is 6.03. The molecule has 1 aliphatic rings. The lowest BCUT2D eigenvalue weighted by molar-refractivity contribution is 0.675. The predicted octanol–water partition coefficient (Wildman–Crippen LogP) is 4.61. The summed E-state index contributed by atoms with van der Waals surface area (Å²) in [5.41, 5.74) is 4.41. The smallest absolute Gasteiger partial charge is 0.0408 e. The molecule has 0 radical (unpaired) electrons. The van der Waals surface area contributed by atoms with E-state index >= 15 is 0 Å². The molecule has 0 aromatic heterocycles. The molecule has 3 rings (SSSR count). The van der Waals surface area contributed by atoms with E-state index in [0.717, 1.165) is 11.4 Å². The van der Waals surface area contributed by atoms with Crippen LogP contribution >= 0.6 is 11.6 Å². The Hall–Kier alpha value is -1.27. The molecule has 1 aliphatic carbocycles. The van der Waals surface area contributed by atoms with E-state index in [4.69, 9.17) is 11.6 Å². The zero-order valence-corrected chi connectivity index (χ0v) is 10.5. The van der Waals surface area contributed by atoms with Crippen molar-refractivity contribution in [2.75, 3.05) is 0 Å². The highest BCUT2D eigenvalue weighted by Gasteiger charge is 2.21. The van der Waals surface area contributed by atoms with Crippen molar-refractivity contribution in [3.63, 3.8) is 0 Å². The van der Waals surface area contributed by atoms with E-state index < -0.39 is 0 Å². The monoisotopic (exact) mass is 242 g/mol. The minimum Gasteiger partial charge on any atom is -0.0843 e. The molecular formula is C16H15Cl. The quantitative estimate of drug-likeness (QED) is 0.721. The first-order valence-corrected chi connectivity index (χ1v) is 6.53. The first kappa shape index (κ1) is 10.9. The van der Waals surface area contributed by atoms with Crippen molar-refractivity contribution in [3.05, 3.63) is 70.2 Å². The summed E-state index contributed by atoms with van der Waals surface area (Å²) in [4.78, 5) is 0. The maximum Gasteiger partial charge on any atom is 0.0408 e. The molecule has 0 amide bonds. The summed E-state index contributed by atoms with van der Waals surface area (Å²) < 4.78 is 0. The molecule has 2 aromatic carbocycles. The Balaban J connectivity index is 1.84. The molecule has 1 unspecified atom stereocenters. The van der Waals surface area contributed by atoms with Gasteiger partial charge >= 0.3 is 0 Å². The SMILES string of the molecule is Clc1cccc(CC2CCc3ccccc32)c1. The summed E-state index contributed by atoms with van der Waals surface area (Å²) in [7, 11) is 0. The molecule has 0 saturated heterocycles. The van der Waals surface area contributed by atoms with Gasteiger partial charge in [-0.3, -0.25) is 0 Å². The van der Waals surface area contributed by atoms with Gasteiger partial charge in [0.15, 0.2) is 0 Å². The van der Waals surface area contributed by atoms with Crippen LogP contribution in [0, 0.1) is 0 Å². The lowest BCUT2D eigenvalue weighted by Crippen LogP contribution is -1.98. The Morgan fingerprint density at radius 2 is 1.94 bits per heavy atom. The number of hydrogen-bond donors (Lipinski definition) is 0. The van der Waals surface area contributed by atoms with Gasteiger partial charge in [-0.15, -0.1) is 0 Å². The molecule has 0 fully saturated rings. The van der Waals surface area contributed by atoms with Crippen LogP contribution in [-0.2, 0) is 12.8 Å². The minimum atomic E-state index is 0.671. The van der Waals surface area contributed by atoms with Gasteiger partial charge in [0.25, 0.3) is 0 Å². The average molecular weight is 243 g/mol. The van der Waals surface area contributed by atoms with Crippen molar-refractivity contribution in [3.8, 4) is 0 Å². The third kappa shape index (κ3) is 2.23. The van der Waals surface area contributed by atoms with Crippen LogP contribution < -0.4 is 0 Å². The molecule has 1 atom stereocenters. The van der Waals surface area contributed by atoms with Crippen LogP contribution in [0.1, 0.15) is 29.0 Å². The normalized spacial score (nSPS) is 18.1.